The van der Waals surface area contributed by atoms with Crippen LogP contribution in [0.15, 0.2) is 64.4 Å². The molecule has 0 spiro atoms. The van der Waals surface area contributed by atoms with Gasteiger partial charge in [-0.3, -0.25) is 9.36 Å². The van der Waals surface area contributed by atoms with Crippen molar-refractivity contribution in [3.63, 3.8) is 0 Å². The summed E-state index contributed by atoms with van der Waals surface area (Å²) in [4.78, 5) is 31.2. The van der Waals surface area contributed by atoms with Gasteiger partial charge < -0.3 is 4.57 Å². The Balaban J connectivity index is 1.73. The summed E-state index contributed by atoms with van der Waals surface area (Å²) >= 11 is 6.13. The molecule has 0 saturated heterocycles. The molecule has 0 N–H and O–H groups in total. The molecule has 0 unspecified atom stereocenters. The zero-order valence-electron chi connectivity index (χ0n) is 17.5. The summed E-state index contributed by atoms with van der Waals surface area (Å²) in [5.74, 6) is 0.392. The van der Waals surface area contributed by atoms with E-state index in [-0.39, 0.29) is 17.3 Å². The lowest BCUT2D eigenvalue weighted by molar-refractivity contribution is 0.639. The van der Waals surface area contributed by atoms with E-state index in [0.717, 1.165) is 18.4 Å². The first kappa shape index (κ1) is 19.8. The Morgan fingerprint density at radius 1 is 1.10 bits per heavy atom. The molecule has 0 radical (unpaired) electrons. The number of fused-ring (bicyclic) bond motifs is 1. The van der Waals surface area contributed by atoms with Crippen molar-refractivity contribution in [2.75, 3.05) is 0 Å². The Labute approximate surface area is 184 Å². The molecule has 0 aliphatic heterocycles. The number of halogens is 1. The molecule has 1 saturated carbocycles. The van der Waals surface area contributed by atoms with Gasteiger partial charge in [-0.1, -0.05) is 49.7 Å². The Morgan fingerprint density at radius 3 is 2.48 bits per heavy atom. The highest BCUT2D eigenvalue weighted by Crippen LogP contribution is 2.32. The van der Waals surface area contributed by atoms with Crippen LogP contribution in [0.2, 0.25) is 5.02 Å². The molecular formula is C24H23ClN4O2. The van der Waals surface area contributed by atoms with E-state index < -0.39 is 0 Å². The van der Waals surface area contributed by atoms with E-state index >= 15 is 0 Å². The fraction of sp³-hybridized carbons (Fsp3) is 0.292. The van der Waals surface area contributed by atoms with Gasteiger partial charge in [0.2, 0.25) is 0 Å². The third-order valence-corrected chi connectivity index (χ3v) is 6.06. The molecule has 2 heterocycles. The number of aromatic nitrogens is 4. The predicted molar refractivity (Wildman–Crippen MR) is 123 cm³/mol. The van der Waals surface area contributed by atoms with Crippen LogP contribution in [-0.4, -0.2) is 18.7 Å². The molecule has 0 bridgehead atoms. The van der Waals surface area contributed by atoms with E-state index in [9.17, 15) is 9.59 Å². The van der Waals surface area contributed by atoms with Gasteiger partial charge in [0.1, 0.15) is 0 Å². The Morgan fingerprint density at radius 2 is 1.84 bits per heavy atom. The maximum Gasteiger partial charge on any atom is 0.337 e. The van der Waals surface area contributed by atoms with Gasteiger partial charge in [0.25, 0.3) is 5.56 Å². The van der Waals surface area contributed by atoms with Crippen LogP contribution in [0.3, 0.4) is 0 Å². The van der Waals surface area contributed by atoms with Gasteiger partial charge in [0.15, 0.2) is 11.2 Å². The largest absolute Gasteiger partial charge is 0.337 e. The van der Waals surface area contributed by atoms with Gasteiger partial charge in [0, 0.05) is 17.6 Å². The maximum absolute atomic E-state index is 13.4. The second kappa shape index (κ2) is 7.54. The highest BCUT2D eigenvalue weighted by atomic mass is 35.5. The summed E-state index contributed by atoms with van der Waals surface area (Å²) in [5, 5.41) is 0.638. The second-order valence-electron chi connectivity index (χ2n) is 8.45. The van der Waals surface area contributed by atoms with Crippen molar-refractivity contribution in [3.8, 4) is 5.69 Å². The van der Waals surface area contributed by atoms with E-state index in [1.807, 2.05) is 48.5 Å². The molecule has 4 aromatic rings. The van der Waals surface area contributed by atoms with Crippen molar-refractivity contribution in [2.45, 2.75) is 45.2 Å². The zero-order chi connectivity index (χ0) is 21.7. The van der Waals surface area contributed by atoms with Crippen LogP contribution in [0.4, 0.5) is 0 Å². The van der Waals surface area contributed by atoms with Crippen molar-refractivity contribution in [1.29, 1.82) is 0 Å². The quantitative estimate of drug-likeness (QED) is 0.464. The summed E-state index contributed by atoms with van der Waals surface area (Å²) in [6, 6.07) is 15.4. The summed E-state index contributed by atoms with van der Waals surface area (Å²) < 4.78 is 4.77. The highest BCUT2D eigenvalue weighted by Gasteiger charge is 2.30. The van der Waals surface area contributed by atoms with Crippen molar-refractivity contribution in [1.82, 2.24) is 18.7 Å². The number of benzene rings is 2. The molecule has 31 heavy (non-hydrogen) atoms. The molecule has 0 amide bonds. The van der Waals surface area contributed by atoms with Gasteiger partial charge in [-0.25, -0.2) is 14.3 Å². The summed E-state index contributed by atoms with van der Waals surface area (Å²) in [6.07, 6.45) is 3.31. The van der Waals surface area contributed by atoms with Gasteiger partial charge >= 0.3 is 5.69 Å². The van der Waals surface area contributed by atoms with Gasteiger partial charge in [0.05, 0.1) is 12.0 Å². The summed E-state index contributed by atoms with van der Waals surface area (Å²) in [5.41, 5.74) is 3.06. The van der Waals surface area contributed by atoms with Crippen molar-refractivity contribution in [3.05, 3.63) is 91.8 Å². The van der Waals surface area contributed by atoms with E-state index in [4.69, 9.17) is 11.6 Å². The van der Waals surface area contributed by atoms with Gasteiger partial charge in [-0.15, -0.1) is 0 Å². The average Bonchev–Trinajstić information content (AvgIpc) is 3.49. The fourth-order valence-electron chi connectivity index (χ4n) is 4.00. The molecule has 7 heteroatoms. The van der Waals surface area contributed by atoms with Crippen LogP contribution in [0, 0.1) is 0 Å². The van der Waals surface area contributed by atoms with Gasteiger partial charge in [-0.05, 0) is 54.2 Å². The van der Waals surface area contributed by atoms with E-state index in [0.29, 0.717) is 34.3 Å². The molecule has 2 aromatic carbocycles. The standard InChI is InChI=1S/C24H23ClN4O2/c1-15(2)17-6-8-19(9-7-17)28-22-21(23(30)29(24(28)31)20-10-11-20)27(14-26-22)13-16-4-3-5-18(25)12-16/h3-9,12,14-15,20H,10-11,13H2,1-2H3. The first-order chi connectivity index (χ1) is 14.9. The van der Waals surface area contributed by atoms with Crippen molar-refractivity contribution in [2.24, 2.45) is 0 Å². The molecule has 1 fully saturated rings. The molecule has 0 atom stereocenters. The molecule has 2 aromatic heterocycles. The Hall–Kier alpha value is -3.12. The minimum absolute atomic E-state index is 0.0416. The topological polar surface area (TPSA) is 61.8 Å². The van der Waals surface area contributed by atoms with Crippen molar-refractivity contribution >= 4 is 22.8 Å². The summed E-state index contributed by atoms with van der Waals surface area (Å²) in [6.45, 7) is 4.70. The monoisotopic (exact) mass is 434 g/mol. The lowest BCUT2D eigenvalue weighted by Gasteiger charge is -2.13. The fourth-order valence-corrected chi connectivity index (χ4v) is 4.21. The Kier molecular flexibility index (Phi) is 4.82. The van der Waals surface area contributed by atoms with Crippen LogP contribution in [-0.2, 0) is 6.54 Å². The lowest BCUT2D eigenvalue weighted by atomic mass is 10.0. The molecular weight excluding hydrogens is 412 g/mol. The molecule has 1 aliphatic rings. The first-order valence-corrected chi connectivity index (χ1v) is 10.9. The number of nitrogens with zero attached hydrogens (tertiary/aromatic N) is 4. The predicted octanol–water partition coefficient (Wildman–Crippen LogP) is 4.51. The van der Waals surface area contributed by atoms with Crippen LogP contribution in [0.5, 0.6) is 0 Å². The molecule has 5 rings (SSSR count). The van der Waals surface area contributed by atoms with E-state index in [1.54, 1.807) is 15.5 Å². The third-order valence-electron chi connectivity index (χ3n) is 5.82. The zero-order valence-corrected chi connectivity index (χ0v) is 18.2. The molecule has 1 aliphatic carbocycles. The first-order valence-electron chi connectivity index (χ1n) is 10.5. The van der Waals surface area contributed by atoms with Crippen LogP contribution >= 0.6 is 11.6 Å². The van der Waals surface area contributed by atoms with Crippen molar-refractivity contribution < 1.29 is 0 Å². The minimum atomic E-state index is -0.328. The third kappa shape index (κ3) is 3.51. The number of rotatable bonds is 5. The smallest absolute Gasteiger partial charge is 0.320 e. The second-order valence-corrected chi connectivity index (χ2v) is 8.88. The SMILES string of the molecule is CC(C)c1ccc(-n2c(=O)n(C3CC3)c(=O)c3c2ncn3Cc2cccc(Cl)c2)cc1. The average molecular weight is 435 g/mol. The number of hydrogen-bond donors (Lipinski definition) is 0. The molecule has 158 valence electrons. The highest BCUT2D eigenvalue weighted by molar-refractivity contribution is 6.30. The summed E-state index contributed by atoms with van der Waals surface area (Å²) in [7, 11) is 0. The lowest BCUT2D eigenvalue weighted by Crippen LogP contribution is -2.39. The minimum Gasteiger partial charge on any atom is -0.320 e. The number of hydrogen-bond acceptors (Lipinski definition) is 3. The van der Waals surface area contributed by atoms with E-state index in [2.05, 4.69) is 18.8 Å². The van der Waals surface area contributed by atoms with Gasteiger partial charge in [-0.2, -0.15) is 0 Å². The number of imidazole rings is 1. The van der Waals surface area contributed by atoms with E-state index in [1.165, 1.54) is 10.1 Å². The Bertz CT molecular complexity index is 1390. The normalized spacial score (nSPS) is 13.9. The van der Waals surface area contributed by atoms with Crippen LogP contribution < -0.4 is 11.2 Å². The van der Waals surface area contributed by atoms with Crippen LogP contribution in [0.1, 0.15) is 49.8 Å². The van der Waals surface area contributed by atoms with Crippen LogP contribution in [0.25, 0.3) is 16.9 Å². The maximum atomic E-state index is 13.4. The molecule has 6 nitrogen and oxygen atoms in total.